The molecular formula is C29H33Cl2N3O5S. The Morgan fingerprint density at radius 1 is 0.975 bits per heavy atom. The predicted molar refractivity (Wildman–Crippen MR) is 158 cm³/mol. The zero-order valence-electron chi connectivity index (χ0n) is 22.9. The van der Waals surface area contributed by atoms with E-state index in [0.717, 1.165) is 9.87 Å². The van der Waals surface area contributed by atoms with Crippen LogP contribution < -0.4 is 14.4 Å². The van der Waals surface area contributed by atoms with Gasteiger partial charge in [-0.3, -0.25) is 13.9 Å². The summed E-state index contributed by atoms with van der Waals surface area (Å²) in [5, 5.41) is 3.43. The molecule has 0 fully saturated rings. The molecule has 214 valence electrons. The van der Waals surface area contributed by atoms with Gasteiger partial charge < -0.3 is 15.0 Å². The summed E-state index contributed by atoms with van der Waals surface area (Å²) in [4.78, 5) is 28.5. The van der Waals surface area contributed by atoms with E-state index in [1.54, 1.807) is 68.4 Å². The summed E-state index contributed by atoms with van der Waals surface area (Å²) in [5.74, 6) is -0.481. The van der Waals surface area contributed by atoms with Crippen LogP contribution in [0.1, 0.15) is 31.4 Å². The monoisotopic (exact) mass is 605 g/mol. The molecule has 3 aromatic rings. The van der Waals surface area contributed by atoms with Crippen molar-refractivity contribution in [3.63, 3.8) is 0 Å². The number of nitrogens with one attached hydrogen (secondary N) is 1. The number of hydrogen-bond donors (Lipinski definition) is 1. The lowest BCUT2D eigenvalue weighted by molar-refractivity contribution is -0.140. The number of likely N-dealkylation sites (N-methyl/N-ethyl adjacent to an activating group) is 1. The van der Waals surface area contributed by atoms with Gasteiger partial charge in [0.2, 0.25) is 11.8 Å². The molecule has 0 saturated carbocycles. The van der Waals surface area contributed by atoms with Crippen LogP contribution in [0.25, 0.3) is 0 Å². The minimum absolute atomic E-state index is 0.0158. The number of methoxy groups -OCH3 is 1. The van der Waals surface area contributed by atoms with E-state index in [1.165, 1.54) is 24.1 Å². The van der Waals surface area contributed by atoms with Crippen LogP contribution in [-0.4, -0.2) is 51.4 Å². The number of halogens is 2. The van der Waals surface area contributed by atoms with Crippen LogP contribution in [0, 0.1) is 6.92 Å². The first-order valence-corrected chi connectivity index (χ1v) is 15.0. The number of carbonyl (C=O) groups is 2. The average Bonchev–Trinajstić information content (AvgIpc) is 2.93. The Balaban J connectivity index is 2.09. The quantitative estimate of drug-likeness (QED) is 0.296. The normalized spacial score (nSPS) is 11.9. The molecule has 0 radical (unpaired) electrons. The summed E-state index contributed by atoms with van der Waals surface area (Å²) in [5.41, 5.74) is 1.78. The Kier molecular flexibility index (Phi) is 10.8. The van der Waals surface area contributed by atoms with Crippen molar-refractivity contribution in [2.24, 2.45) is 0 Å². The van der Waals surface area contributed by atoms with Gasteiger partial charge in [-0.25, -0.2) is 8.42 Å². The van der Waals surface area contributed by atoms with E-state index in [4.69, 9.17) is 27.9 Å². The largest absolute Gasteiger partial charge is 0.497 e. The van der Waals surface area contributed by atoms with Gasteiger partial charge in [-0.05, 0) is 62.2 Å². The number of amides is 2. The minimum atomic E-state index is -4.18. The number of ether oxygens (including phenoxy) is 1. The molecule has 3 rings (SSSR count). The maximum absolute atomic E-state index is 14.0. The molecule has 8 nitrogen and oxygen atoms in total. The van der Waals surface area contributed by atoms with Crippen molar-refractivity contribution in [1.82, 2.24) is 10.2 Å². The molecule has 0 unspecified atom stereocenters. The van der Waals surface area contributed by atoms with E-state index in [9.17, 15) is 18.0 Å². The van der Waals surface area contributed by atoms with E-state index in [0.29, 0.717) is 34.3 Å². The van der Waals surface area contributed by atoms with Gasteiger partial charge >= 0.3 is 0 Å². The predicted octanol–water partition coefficient (Wildman–Crippen LogP) is 5.45. The zero-order chi connectivity index (χ0) is 29.4. The van der Waals surface area contributed by atoms with Crippen LogP contribution in [0.3, 0.4) is 0 Å². The van der Waals surface area contributed by atoms with Gasteiger partial charge in [-0.2, -0.15) is 0 Å². The molecule has 0 spiro atoms. The molecule has 3 aromatic carbocycles. The second-order valence-corrected chi connectivity index (χ2v) is 11.8. The molecule has 0 heterocycles. The fourth-order valence-corrected chi connectivity index (χ4v) is 5.90. The first-order chi connectivity index (χ1) is 19.0. The van der Waals surface area contributed by atoms with Gasteiger partial charge in [-0.1, -0.05) is 60.0 Å². The summed E-state index contributed by atoms with van der Waals surface area (Å²) in [7, 11) is -2.71. The van der Waals surface area contributed by atoms with Crippen molar-refractivity contribution in [2.45, 2.75) is 44.7 Å². The summed E-state index contributed by atoms with van der Waals surface area (Å²) in [6, 6.07) is 16.9. The Morgan fingerprint density at radius 3 is 2.27 bits per heavy atom. The third-order valence-electron chi connectivity index (χ3n) is 6.30. The van der Waals surface area contributed by atoms with Crippen LogP contribution in [-0.2, 0) is 26.2 Å². The van der Waals surface area contributed by atoms with Crippen LogP contribution in [0.5, 0.6) is 5.75 Å². The van der Waals surface area contributed by atoms with Gasteiger partial charge in [0.1, 0.15) is 18.3 Å². The number of benzene rings is 3. The molecule has 0 saturated heterocycles. The number of sulfonamides is 1. The van der Waals surface area contributed by atoms with E-state index in [2.05, 4.69) is 5.32 Å². The van der Waals surface area contributed by atoms with E-state index >= 15 is 0 Å². The molecule has 0 aromatic heterocycles. The number of aryl methyl sites for hydroxylation is 1. The Hall–Kier alpha value is -3.27. The van der Waals surface area contributed by atoms with E-state index < -0.39 is 28.5 Å². The third-order valence-corrected chi connectivity index (χ3v) is 8.83. The highest BCUT2D eigenvalue weighted by Crippen LogP contribution is 2.29. The summed E-state index contributed by atoms with van der Waals surface area (Å²) in [6.45, 7) is 5.27. The van der Waals surface area contributed by atoms with Crippen molar-refractivity contribution < 1.29 is 22.7 Å². The fourth-order valence-electron chi connectivity index (χ4n) is 4.18. The number of rotatable bonds is 12. The summed E-state index contributed by atoms with van der Waals surface area (Å²) in [6.07, 6.45) is 0.308. The molecule has 0 aliphatic carbocycles. The molecule has 0 bridgehead atoms. The standard InChI is InChI=1S/C29H33Cl2N3O5S/c1-5-27(29(36)32-6-2)33(18-21-12-15-25(30)26(31)16-21)28(35)19-34(22-8-7-9-23(17-22)39-4)40(37,38)24-13-10-20(3)11-14-24/h7-17,27H,5-6,18-19H2,1-4H3,(H,32,36)/t27-/m0/s1. The van der Waals surface area contributed by atoms with Gasteiger partial charge in [0.15, 0.2) is 0 Å². The molecule has 2 amide bonds. The number of carbonyl (C=O) groups excluding carboxylic acids is 2. The van der Waals surface area contributed by atoms with Crippen LogP contribution >= 0.6 is 23.2 Å². The van der Waals surface area contributed by atoms with Gasteiger partial charge in [0.05, 0.1) is 27.7 Å². The highest BCUT2D eigenvalue weighted by Gasteiger charge is 2.33. The van der Waals surface area contributed by atoms with Crippen LogP contribution in [0.15, 0.2) is 71.6 Å². The minimum Gasteiger partial charge on any atom is -0.497 e. The Bertz CT molecular complexity index is 1450. The first-order valence-electron chi connectivity index (χ1n) is 12.8. The van der Waals surface area contributed by atoms with Crippen molar-refractivity contribution in [2.75, 3.05) is 24.5 Å². The fraction of sp³-hybridized carbons (Fsp3) is 0.310. The second-order valence-electron chi connectivity index (χ2n) is 9.11. The van der Waals surface area contributed by atoms with Gasteiger partial charge in [0.25, 0.3) is 10.0 Å². The van der Waals surface area contributed by atoms with Crippen molar-refractivity contribution in [1.29, 1.82) is 0 Å². The van der Waals surface area contributed by atoms with Crippen LogP contribution in [0.4, 0.5) is 5.69 Å². The lowest BCUT2D eigenvalue weighted by Crippen LogP contribution is -2.52. The molecule has 1 N–H and O–H groups in total. The molecule has 0 aliphatic heterocycles. The number of hydrogen-bond acceptors (Lipinski definition) is 5. The number of anilines is 1. The van der Waals surface area contributed by atoms with Crippen molar-refractivity contribution in [3.8, 4) is 5.75 Å². The lowest BCUT2D eigenvalue weighted by Gasteiger charge is -2.33. The zero-order valence-corrected chi connectivity index (χ0v) is 25.2. The molecule has 1 atom stereocenters. The van der Waals surface area contributed by atoms with Crippen LogP contribution in [0.2, 0.25) is 10.0 Å². The summed E-state index contributed by atoms with van der Waals surface area (Å²) >= 11 is 12.3. The molecule has 40 heavy (non-hydrogen) atoms. The average molecular weight is 607 g/mol. The molecule has 11 heteroatoms. The third kappa shape index (κ3) is 7.47. The molecular weight excluding hydrogens is 573 g/mol. The Morgan fingerprint density at radius 2 is 1.68 bits per heavy atom. The second kappa shape index (κ2) is 13.9. The van der Waals surface area contributed by atoms with Gasteiger partial charge in [-0.15, -0.1) is 0 Å². The SMILES string of the molecule is CCNC(=O)[C@H](CC)N(Cc1ccc(Cl)c(Cl)c1)C(=O)CN(c1cccc(OC)c1)S(=O)(=O)c1ccc(C)cc1. The summed E-state index contributed by atoms with van der Waals surface area (Å²) < 4.78 is 34.2. The first kappa shape index (κ1) is 31.3. The van der Waals surface area contributed by atoms with Crippen molar-refractivity contribution in [3.05, 3.63) is 87.9 Å². The topological polar surface area (TPSA) is 96.0 Å². The van der Waals surface area contributed by atoms with E-state index in [-0.39, 0.29) is 23.0 Å². The smallest absolute Gasteiger partial charge is 0.264 e. The highest BCUT2D eigenvalue weighted by atomic mass is 35.5. The highest BCUT2D eigenvalue weighted by molar-refractivity contribution is 7.92. The van der Waals surface area contributed by atoms with E-state index in [1.807, 2.05) is 6.92 Å². The Labute approximate surface area is 245 Å². The number of nitrogens with zero attached hydrogens (tertiary/aromatic N) is 2. The maximum atomic E-state index is 14.0. The lowest BCUT2D eigenvalue weighted by atomic mass is 10.1. The van der Waals surface area contributed by atoms with Gasteiger partial charge in [0, 0.05) is 19.2 Å². The maximum Gasteiger partial charge on any atom is 0.264 e. The molecule has 0 aliphatic rings. The van der Waals surface area contributed by atoms with Crippen molar-refractivity contribution >= 4 is 50.7 Å².